The third-order valence-corrected chi connectivity index (χ3v) is 4.51. The molecule has 98 valence electrons. The Kier molecular flexibility index (Phi) is 2.94. The summed E-state index contributed by atoms with van der Waals surface area (Å²) >= 11 is 0. The fourth-order valence-corrected chi connectivity index (χ4v) is 3.60. The fraction of sp³-hybridized carbons (Fsp3) is 0.600. The van der Waals surface area contributed by atoms with Gasteiger partial charge < -0.3 is 14.4 Å². The topological polar surface area (TPSA) is 21.7 Å². The first-order chi connectivity index (χ1) is 8.78. The van der Waals surface area contributed by atoms with Crippen molar-refractivity contribution in [3.05, 3.63) is 23.3 Å². The largest absolute Gasteiger partial charge is 0.493 e. The lowest BCUT2D eigenvalue weighted by Crippen LogP contribution is -2.21. The second kappa shape index (κ2) is 4.47. The van der Waals surface area contributed by atoms with Crippen LogP contribution in [0.1, 0.15) is 24.0 Å². The second-order valence-corrected chi connectivity index (χ2v) is 5.29. The third-order valence-electron chi connectivity index (χ3n) is 4.51. The molecule has 3 heteroatoms. The quantitative estimate of drug-likeness (QED) is 0.818. The maximum absolute atomic E-state index is 5.56. The van der Waals surface area contributed by atoms with E-state index in [-0.39, 0.29) is 0 Å². The van der Waals surface area contributed by atoms with E-state index in [2.05, 4.69) is 24.0 Å². The van der Waals surface area contributed by atoms with Crippen LogP contribution in [0.2, 0.25) is 0 Å². The molecular weight excluding hydrogens is 226 g/mol. The number of likely N-dealkylation sites (N-methyl/N-ethyl adjacent to an activating group) is 1. The molecule has 3 rings (SSSR count). The summed E-state index contributed by atoms with van der Waals surface area (Å²) in [5, 5.41) is 0. The normalized spacial score (nSPS) is 25.9. The van der Waals surface area contributed by atoms with Gasteiger partial charge in [0.25, 0.3) is 0 Å². The van der Waals surface area contributed by atoms with E-state index in [4.69, 9.17) is 9.47 Å². The Bertz CT molecular complexity index is 458. The van der Waals surface area contributed by atoms with Crippen LogP contribution in [0.15, 0.2) is 12.1 Å². The van der Waals surface area contributed by atoms with Crippen molar-refractivity contribution in [3.63, 3.8) is 0 Å². The molecule has 2 unspecified atom stereocenters. The van der Waals surface area contributed by atoms with E-state index in [1.807, 2.05) is 0 Å². The molecule has 2 aliphatic rings. The van der Waals surface area contributed by atoms with Crippen LogP contribution in [-0.4, -0.2) is 38.8 Å². The van der Waals surface area contributed by atoms with Gasteiger partial charge >= 0.3 is 0 Å². The minimum Gasteiger partial charge on any atom is -0.493 e. The molecule has 0 spiro atoms. The minimum atomic E-state index is 0.694. The third kappa shape index (κ3) is 1.61. The maximum atomic E-state index is 5.56. The maximum Gasteiger partial charge on any atom is 0.164 e. The molecule has 1 saturated heterocycles. The summed E-state index contributed by atoms with van der Waals surface area (Å²) in [6, 6.07) is 4.29. The number of methoxy groups -OCH3 is 2. The van der Waals surface area contributed by atoms with Gasteiger partial charge in [0.05, 0.1) is 14.2 Å². The number of hydrogen-bond donors (Lipinski definition) is 0. The van der Waals surface area contributed by atoms with Gasteiger partial charge in [-0.15, -0.1) is 0 Å². The summed E-state index contributed by atoms with van der Waals surface area (Å²) in [7, 11) is 3.45. The molecule has 1 aliphatic heterocycles. The molecule has 0 bridgehead atoms. The van der Waals surface area contributed by atoms with Crippen molar-refractivity contribution in [2.45, 2.75) is 19.3 Å². The van der Waals surface area contributed by atoms with Crippen LogP contribution >= 0.6 is 0 Å². The number of ether oxygens (including phenoxy) is 2. The van der Waals surface area contributed by atoms with Crippen LogP contribution < -0.4 is 9.47 Å². The highest BCUT2D eigenvalue weighted by Gasteiger charge is 2.41. The molecule has 1 fully saturated rings. The molecule has 18 heavy (non-hydrogen) atoms. The second-order valence-electron chi connectivity index (χ2n) is 5.29. The van der Waals surface area contributed by atoms with E-state index in [0.717, 1.165) is 30.4 Å². The number of hydrogen-bond acceptors (Lipinski definition) is 3. The first-order valence-electron chi connectivity index (χ1n) is 6.74. The van der Waals surface area contributed by atoms with Crippen molar-refractivity contribution in [1.29, 1.82) is 0 Å². The van der Waals surface area contributed by atoms with E-state index in [0.29, 0.717) is 5.92 Å². The lowest BCUT2D eigenvalue weighted by atomic mass is 9.96. The van der Waals surface area contributed by atoms with Crippen molar-refractivity contribution in [2.24, 2.45) is 5.92 Å². The van der Waals surface area contributed by atoms with Gasteiger partial charge in [0.2, 0.25) is 0 Å². The van der Waals surface area contributed by atoms with Crippen molar-refractivity contribution in [3.8, 4) is 11.5 Å². The molecule has 0 amide bonds. The summed E-state index contributed by atoms with van der Waals surface area (Å²) in [5.41, 5.74) is 2.86. The van der Waals surface area contributed by atoms with E-state index in [9.17, 15) is 0 Å². The number of rotatable bonds is 3. The predicted molar refractivity (Wildman–Crippen MR) is 71.6 cm³/mol. The van der Waals surface area contributed by atoms with Gasteiger partial charge in [0.1, 0.15) is 0 Å². The fourth-order valence-electron chi connectivity index (χ4n) is 3.60. The molecule has 0 aromatic heterocycles. The molecule has 2 atom stereocenters. The standard InChI is InChI=1S/C15H21NO2/c1-4-16-8-10-7-12-11(13(10)9-16)5-6-14(17-2)15(12)18-3/h5-6,10,13H,4,7-9H2,1-3H3. The summed E-state index contributed by atoms with van der Waals surface area (Å²) < 4.78 is 10.9. The number of likely N-dealkylation sites (tertiary alicyclic amines) is 1. The van der Waals surface area contributed by atoms with Crippen LogP contribution in [0.25, 0.3) is 0 Å². The zero-order chi connectivity index (χ0) is 12.7. The van der Waals surface area contributed by atoms with Gasteiger partial charge in [-0.2, -0.15) is 0 Å². The smallest absolute Gasteiger partial charge is 0.164 e. The van der Waals surface area contributed by atoms with Crippen LogP contribution in [0, 0.1) is 5.92 Å². The van der Waals surface area contributed by atoms with E-state index >= 15 is 0 Å². The molecule has 1 aliphatic carbocycles. The molecule has 1 aromatic rings. The van der Waals surface area contributed by atoms with Gasteiger partial charge in [0, 0.05) is 24.6 Å². The summed E-state index contributed by atoms with van der Waals surface area (Å²) in [5.74, 6) is 3.27. The summed E-state index contributed by atoms with van der Waals surface area (Å²) in [6.45, 7) is 5.83. The highest BCUT2D eigenvalue weighted by atomic mass is 16.5. The molecule has 3 nitrogen and oxygen atoms in total. The zero-order valence-corrected chi connectivity index (χ0v) is 11.4. The Labute approximate surface area is 109 Å². The van der Waals surface area contributed by atoms with Crippen molar-refractivity contribution < 1.29 is 9.47 Å². The number of fused-ring (bicyclic) bond motifs is 3. The van der Waals surface area contributed by atoms with E-state index < -0.39 is 0 Å². The van der Waals surface area contributed by atoms with Crippen LogP contribution in [-0.2, 0) is 6.42 Å². The average molecular weight is 247 g/mol. The lowest BCUT2D eigenvalue weighted by Gasteiger charge is -2.17. The highest BCUT2D eigenvalue weighted by Crippen LogP contribution is 2.48. The minimum absolute atomic E-state index is 0.694. The molecule has 0 radical (unpaired) electrons. The van der Waals surface area contributed by atoms with Gasteiger partial charge in [-0.05, 0) is 30.5 Å². The first kappa shape index (κ1) is 11.8. The monoisotopic (exact) mass is 247 g/mol. The summed E-state index contributed by atoms with van der Waals surface area (Å²) in [4.78, 5) is 2.55. The Hall–Kier alpha value is -1.22. The van der Waals surface area contributed by atoms with Crippen molar-refractivity contribution in [1.82, 2.24) is 4.90 Å². The number of nitrogens with zero attached hydrogens (tertiary/aromatic N) is 1. The Morgan fingerprint density at radius 1 is 1.22 bits per heavy atom. The summed E-state index contributed by atoms with van der Waals surface area (Å²) in [6.07, 6.45) is 1.14. The average Bonchev–Trinajstić information content (AvgIpc) is 2.94. The highest BCUT2D eigenvalue weighted by molar-refractivity contribution is 5.55. The lowest BCUT2D eigenvalue weighted by molar-refractivity contribution is 0.334. The van der Waals surface area contributed by atoms with Gasteiger partial charge in [-0.1, -0.05) is 13.0 Å². The molecular formula is C15H21NO2. The Balaban J connectivity index is 1.98. The SMILES string of the molecule is CCN1CC2Cc3c(ccc(OC)c3OC)C2C1. The van der Waals surface area contributed by atoms with Gasteiger partial charge in [-0.3, -0.25) is 0 Å². The van der Waals surface area contributed by atoms with Crippen molar-refractivity contribution >= 4 is 0 Å². The Morgan fingerprint density at radius 2 is 2.06 bits per heavy atom. The van der Waals surface area contributed by atoms with Gasteiger partial charge in [0.15, 0.2) is 11.5 Å². The first-order valence-corrected chi connectivity index (χ1v) is 6.74. The molecule has 0 saturated carbocycles. The molecule has 1 heterocycles. The number of benzene rings is 1. The van der Waals surface area contributed by atoms with Crippen LogP contribution in [0.5, 0.6) is 11.5 Å². The molecule has 0 N–H and O–H groups in total. The van der Waals surface area contributed by atoms with Crippen molar-refractivity contribution in [2.75, 3.05) is 33.9 Å². The van der Waals surface area contributed by atoms with E-state index in [1.165, 1.54) is 24.2 Å². The van der Waals surface area contributed by atoms with Gasteiger partial charge in [-0.25, -0.2) is 0 Å². The predicted octanol–water partition coefficient (Wildman–Crippen LogP) is 2.30. The zero-order valence-electron chi connectivity index (χ0n) is 11.4. The Morgan fingerprint density at radius 3 is 2.72 bits per heavy atom. The van der Waals surface area contributed by atoms with E-state index in [1.54, 1.807) is 14.2 Å². The van der Waals surface area contributed by atoms with Crippen LogP contribution in [0.4, 0.5) is 0 Å². The molecule has 1 aromatic carbocycles. The van der Waals surface area contributed by atoms with Crippen LogP contribution in [0.3, 0.4) is 0 Å².